The Hall–Kier alpha value is 3.85. The van der Waals surface area contributed by atoms with E-state index in [2.05, 4.69) is 0 Å². The van der Waals surface area contributed by atoms with Gasteiger partial charge in [-0.3, -0.25) is 0 Å². The summed E-state index contributed by atoms with van der Waals surface area (Å²) < 4.78 is 0. The van der Waals surface area contributed by atoms with Crippen LogP contribution in [0.25, 0.3) is 0 Å². The number of hydrogen-bond donors (Lipinski definition) is 0. The van der Waals surface area contributed by atoms with Gasteiger partial charge in [-0.1, -0.05) is 0 Å². The van der Waals surface area contributed by atoms with Crippen molar-refractivity contribution in [1.82, 2.24) is 0 Å². The zero-order valence-electron chi connectivity index (χ0n) is 3.24. The van der Waals surface area contributed by atoms with Gasteiger partial charge < -0.3 is 54.0 Å². The third kappa shape index (κ3) is 40.9. The molecule has 0 atom stereocenters. The van der Waals surface area contributed by atoms with Crippen molar-refractivity contribution in [3.63, 3.8) is 0 Å². The van der Waals surface area contributed by atoms with E-state index < -0.39 is 0 Å². The molecule has 6 radical (unpaired) electrons. The van der Waals surface area contributed by atoms with Crippen LogP contribution >= 0.6 is 0 Å². The van der Waals surface area contributed by atoms with Gasteiger partial charge in [0.05, 0.1) is 0 Å². The predicted octanol–water partition coefficient (Wildman–Crippen LogP) is -2.76. The summed E-state index contributed by atoms with van der Waals surface area (Å²) in [4.78, 5) is 0. The molecule has 0 nitrogen and oxygen atoms in total. The molecule has 0 fully saturated rings. The minimum absolute atomic E-state index is 0. The molecular weight excluding hydrogens is 494 g/mol. The molecule has 7 heavy (non-hydrogen) atoms. The van der Waals surface area contributed by atoms with Crippen LogP contribution in [-0.4, -0.2) is 73.3 Å². The van der Waals surface area contributed by atoms with Crippen LogP contribution in [0.1, 0.15) is 0 Å². The molecule has 0 spiro atoms. The Morgan fingerprint density at radius 1 is 0.429 bits per heavy atom. The molecule has 46 valence electrons. The summed E-state index contributed by atoms with van der Waals surface area (Å²) in [7, 11) is 0. The van der Waals surface area contributed by atoms with E-state index in [1.54, 1.807) is 0 Å². The summed E-state index contributed by atoms with van der Waals surface area (Å²) >= 11 is 0. The zero-order chi connectivity index (χ0) is 0. The van der Waals surface area contributed by atoms with Crippen molar-refractivity contribution in [3.05, 3.63) is 0 Å². The molecule has 0 saturated carbocycles. The van der Waals surface area contributed by atoms with Gasteiger partial charge in [0.1, 0.15) is 0 Å². The quantitative estimate of drug-likeness (QED) is 0.201. The van der Waals surface area contributed by atoms with Crippen molar-refractivity contribution in [1.29, 1.82) is 0 Å². The summed E-state index contributed by atoms with van der Waals surface area (Å²) in [6.07, 6.45) is 0. The fraction of sp³-hybridized carbons (Fsp3) is 0. The summed E-state index contributed by atoms with van der Waals surface area (Å²) in [5, 5.41) is 0. The Morgan fingerprint density at radius 2 is 0.429 bits per heavy atom. The van der Waals surface area contributed by atoms with Crippen LogP contribution in [0.4, 0.5) is 0 Å². The fourth-order valence-corrected chi connectivity index (χ4v) is 0. The number of rotatable bonds is 0. The maximum atomic E-state index is 0. The van der Waals surface area contributed by atoms with Gasteiger partial charge in [-0.15, -0.1) is 0 Å². The summed E-state index contributed by atoms with van der Waals surface area (Å²) in [5.74, 6) is 0. The van der Waals surface area contributed by atoms with Crippen LogP contribution < -0.4 is 0 Å². The third-order valence-electron chi connectivity index (χ3n) is 0. The second kappa shape index (κ2) is 52.0. The van der Waals surface area contributed by atoms with E-state index in [9.17, 15) is 0 Å². The number of hydrogen-bond acceptors (Lipinski definition) is 4. The van der Waals surface area contributed by atoms with Gasteiger partial charge in [-0.05, 0) is 0 Å². The Balaban J connectivity index is 0. The van der Waals surface area contributed by atoms with Crippen LogP contribution in [0, 0.1) is 0 Å². The van der Waals surface area contributed by atoms with Gasteiger partial charge in [0.15, 0.2) is 0 Å². The normalized spacial score (nSPS) is 0. The van der Waals surface area contributed by atoms with Crippen LogP contribution in [-0.2, 0) is 54.0 Å². The van der Waals surface area contributed by atoms with Crippen molar-refractivity contribution < 1.29 is 0 Å². The molecule has 0 aromatic carbocycles. The molecule has 0 bridgehead atoms. The topological polar surface area (TPSA) is 0 Å². The maximum absolute atomic E-state index is 0. The molecular formula is H6S4Sb3-. The fourth-order valence-electron chi connectivity index (χ4n) is 0. The first-order chi connectivity index (χ1) is 0. The van der Waals surface area contributed by atoms with Crippen LogP contribution in [0.3, 0.4) is 0 Å². The average Bonchev–Trinajstić information content (AvgIpc) is 0. The van der Waals surface area contributed by atoms with E-state index in [-0.39, 0.29) is 127 Å². The first-order valence-corrected chi connectivity index (χ1v) is 0. The van der Waals surface area contributed by atoms with E-state index in [0.29, 0.717) is 0 Å². The van der Waals surface area contributed by atoms with E-state index in [1.807, 2.05) is 0 Å². The van der Waals surface area contributed by atoms with E-state index in [0.717, 1.165) is 0 Å². The van der Waals surface area contributed by atoms with E-state index in [1.165, 1.54) is 0 Å². The first kappa shape index (κ1) is 70.9. The van der Waals surface area contributed by atoms with Crippen molar-refractivity contribution >= 4 is 127 Å². The molecule has 0 saturated heterocycles. The van der Waals surface area contributed by atoms with Gasteiger partial charge in [0.25, 0.3) is 0 Å². The second-order valence-electron chi connectivity index (χ2n) is 0. The Bertz CT molecular complexity index is 6.90. The Labute approximate surface area is 125 Å². The molecule has 0 aromatic rings. The van der Waals surface area contributed by atoms with Gasteiger partial charge in [0.2, 0.25) is 0 Å². The van der Waals surface area contributed by atoms with Crippen molar-refractivity contribution in [3.8, 4) is 0 Å². The SMILES string of the molecule is [SH-].[SH-].[SH-].[SH-].[Sb+3].[SbH].[SbH]. The molecule has 0 aliphatic carbocycles. The molecule has 0 aromatic heterocycles. The van der Waals surface area contributed by atoms with Gasteiger partial charge in [-0.25, -0.2) is 0 Å². The zero-order valence-corrected chi connectivity index (χ0v) is 15.1. The standard InChI is InChI=1S/4H2S.3Sb.2H/h4*1H2;;;;;/q;;;;;;+3;;/p-4. The summed E-state index contributed by atoms with van der Waals surface area (Å²) in [6, 6.07) is 0. The minimum atomic E-state index is 0. The number of thiol groups is 4. The van der Waals surface area contributed by atoms with Gasteiger partial charge in [0, 0.05) is 0 Å². The molecule has 0 amide bonds. The molecule has 0 rings (SSSR count). The second-order valence-corrected chi connectivity index (χ2v) is 0. The first-order valence-electron chi connectivity index (χ1n) is 0. The molecule has 0 aliphatic rings. The van der Waals surface area contributed by atoms with Crippen molar-refractivity contribution in [2.75, 3.05) is 0 Å². The Morgan fingerprint density at radius 3 is 0.429 bits per heavy atom. The summed E-state index contributed by atoms with van der Waals surface area (Å²) in [5.41, 5.74) is 0. The third-order valence-corrected chi connectivity index (χ3v) is 0. The van der Waals surface area contributed by atoms with Crippen LogP contribution in [0.15, 0.2) is 0 Å². The van der Waals surface area contributed by atoms with Crippen LogP contribution in [0.2, 0.25) is 0 Å². The predicted molar refractivity (Wildman–Crippen MR) is 55.1 cm³/mol. The van der Waals surface area contributed by atoms with E-state index in [4.69, 9.17) is 0 Å². The molecule has 0 N–H and O–H groups in total. The van der Waals surface area contributed by atoms with Crippen molar-refractivity contribution in [2.24, 2.45) is 0 Å². The summed E-state index contributed by atoms with van der Waals surface area (Å²) in [6.45, 7) is 0. The van der Waals surface area contributed by atoms with E-state index >= 15 is 0 Å². The average molecular weight is 500 g/mol. The monoisotopic (exact) mass is 497 g/mol. The Kier molecular flexibility index (Phi) is 527. The molecule has 0 aliphatic heterocycles. The van der Waals surface area contributed by atoms with Crippen molar-refractivity contribution in [2.45, 2.75) is 0 Å². The van der Waals surface area contributed by atoms with Crippen LogP contribution in [0.5, 0.6) is 0 Å². The molecule has 7 heteroatoms. The molecule has 0 unspecified atom stereocenters. The van der Waals surface area contributed by atoms with Gasteiger partial charge in [-0.2, -0.15) is 0 Å². The molecule has 0 heterocycles. The van der Waals surface area contributed by atoms with Gasteiger partial charge >= 0.3 is 73.3 Å².